The Hall–Kier alpha value is -2.65. The minimum Gasteiger partial charge on any atom is -0.481 e. The molecular weight excluding hydrogens is 284 g/mol. The first-order valence-electron chi connectivity index (χ1n) is 6.31. The number of rotatable bonds is 2. The van der Waals surface area contributed by atoms with Crippen LogP contribution in [0.25, 0.3) is 16.9 Å². The van der Waals surface area contributed by atoms with Crippen LogP contribution in [-0.4, -0.2) is 21.6 Å². The summed E-state index contributed by atoms with van der Waals surface area (Å²) in [4.78, 5) is 7.57. The summed E-state index contributed by atoms with van der Waals surface area (Å²) in [6, 6.07) is 11.3. The monoisotopic (exact) mass is 296 g/mol. The van der Waals surface area contributed by atoms with Crippen LogP contribution in [0.1, 0.15) is 11.1 Å². The summed E-state index contributed by atoms with van der Waals surface area (Å²) in [6.07, 6.45) is 0. The summed E-state index contributed by atoms with van der Waals surface area (Å²) >= 11 is 5.40. The van der Waals surface area contributed by atoms with Crippen LogP contribution >= 0.6 is 12.2 Å². The average Bonchev–Trinajstić information content (AvgIpc) is 2.82. The molecule has 0 aliphatic carbocycles. The fourth-order valence-corrected chi connectivity index (χ4v) is 2.52. The minimum atomic E-state index is 0.513. The third-order valence-corrected chi connectivity index (χ3v) is 3.58. The molecule has 0 bridgehead atoms. The van der Waals surface area contributed by atoms with E-state index in [2.05, 4.69) is 16.0 Å². The van der Waals surface area contributed by atoms with E-state index in [1.165, 1.54) is 0 Å². The molecule has 0 spiro atoms. The van der Waals surface area contributed by atoms with Crippen molar-refractivity contribution in [2.45, 2.75) is 6.92 Å². The molecule has 2 aromatic heterocycles. The lowest BCUT2D eigenvalue weighted by Crippen LogP contribution is -2.00. The third-order valence-electron chi connectivity index (χ3n) is 3.29. The molecule has 1 aromatic carbocycles. The molecule has 0 amide bonds. The Labute approximate surface area is 126 Å². The van der Waals surface area contributed by atoms with Crippen LogP contribution in [0.15, 0.2) is 30.3 Å². The summed E-state index contributed by atoms with van der Waals surface area (Å²) in [7, 11) is 1.57. The molecule has 0 aliphatic rings. The molecule has 3 aromatic rings. The molecule has 2 heterocycles. The van der Waals surface area contributed by atoms with E-state index in [0.29, 0.717) is 21.9 Å². The van der Waals surface area contributed by atoms with Crippen LogP contribution < -0.4 is 4.74 Å². The maximum Gasteiger partial charge on any atom is 0.215 e. The lowest BCUT2D eigenvalue weighted by molar-refractivity contribution is 0.399. The highest BCUT2D eigenvalue weighted by Gasteiger charge is 2.11. The Bertz CT molecular complexity index is 933. The van der Waals surface area contributed by atoms with E-state index in [4.69, 9.17) is 22.2 Å². The molecule has 0 saturated carbocycles. The molecule has 104 valence electrons. The van der Waals surface area contributed by atoms with Gasteiger partial charge in [0, 0.05) is 6.07 Å². The third kappa shape index (κ3) is 2.18. The van der Waals surface area contributed by atoms with Gasteiger partial charge in [0.1, 0.15) is 0 Å². The number of H-pyrrole nitrogens is 1. The van der Waals surface area contributed by atoms with Crippen molar-refractivity contribution in [3.63, 3.8) is 0 Å². The number of nitriles is 1. The lowest BCUT2D eigenvalue weighted by atomic mass is 10.1. The van der Waals surface area contributed by atoms with Crippen molar-refractivity contribution in [3.8, 4) is 17.6 Å². The predicted molar refractivity (Wildman–Crippen MR) is 82.3 cm³/mol. The van der Waals surface area contributed by atoms with E-state index in [1.807, 2.05) is 23.6 Å². The van der Waals surface area contributed by atoms with Gasteiger partial charge < -0.3 is 9.72 Å². The molecule has 0 aliphatic heterocycles. The second-order valence-corrected chi connectivity index (χ2v) is 4.99. The number of aromatic amines is 1. The Morgan fingerprint density at radius 1 is 1.33 bits per heavy atom. The largest absolute Gasteiger partial charge is 0.481 e. The zero-order valence-electron chi connectivity index (χ0n) is 11.5. The minimum absolute atomic E-state index is 0.513. The van der Waals surface area contributed by atoms with E-state index >= 15 is 0 Å². The normalized spacial score (nSPS) is 10.5. The molecule has 0 atom stereocenters. The molecule has 0 unspecified atom stereocenters. The average molecular weight is 296 g/mol. The fraction of sp³-hybridized carbons (Fsp3) is 0.133. The van der Waals surface area contributed by atoms with Crippen molar-refractivity contribution in [2.75, 3.05) is 7.11 Å². The SMILES string of the molecule is COc1ccc2[nH]c(=S)n(-c3cc(C#N)ccc3C)c2n1. The van der Waals surface area contributed by atoms with E-state index in [9.17, 15) is 0 Å². The van der Waals surface area contributed by atoms with Crippen LogP contribution in [-0.2, 0) is 0 Å². The van der Waals surface area contributed by atoms with Crippen LogP contribution in [0.2, 0.25) is 0 Å². The van der Waals surface area contributed by atoms with Gasteiger partial charge in [-0.2, -0.15) is 10.2 Å². The highest BCUT2D eigenvalue weighted by Crippen LogP contribution is 2.23. The summed E-state index contributed by atoms with van der Waals surface area (Å²) in [6.45, 7) is 1.97. The number of nitrogens with zero attached hydrogens (tertiary/aromatic N) is 3. The van der Waals surface area contributed by atoms with Gasteiger partial charge in [-0.25, -0.2) is 0 Å². The molecule has 1 N–H and O–H groups in total. The molecule has 3 rings (SSSR count). The Morgan fingerprint density at radius 2 is 2.14 bits per heavy atom. The number of imidazole rings is 1. The number of ether oxygens (including phenoxy) is 1. The smallest absolute Gasteiger partial charge is 0.215 e. The van der Waals surface area contributed by atoms with Gasteiger partial charge in [-0.15, -0.1) is 0 Å². The zero-order chi connectivity index (χ0) is 15.0. The number of nitrogens with one attached hydrogen (secondary N) is 1. The quantitative estimate of drug-likeness (QED) is 0.737. The standard InChI is InChI=1S/C15H12N4OS/c1-9-3-4-10(8-16)7-12(9)19-14-11(17-15(19)21)5-6-13(18-14)20-2/h3-7H,1-2H3,(H,17,21). The van der Waals surface area contributed by atoms with Crippen LogP contribution in [0.3, 0.4) is 0 Å². The second kappa shape index (κ2) is 5.04. The van der Waals surface area contributed by atoms with Gasteiger partial charge in [-0.1, -0.05) is 6.07 Å². The first kappa shape index (κ1) is 13.3. The molecule has 0 saturated heterocycles. The molecule has 0 radical (unpaired) electrons. The number of pyridine rings is 1. The summed E-state index contributed by atoms with van der Waals surface area (Å²) in [5.41, 5.74) is 3.93. The number of hydrogen-bond acceptors (Lipinski definition) is 4. The van der Waals surface area contributed by atoms with Crippen molar-refractivity contribution in [3.05, 3.63) is 46.2 Å². The zero-order valence-corrected chi connectivity index (χ0v) is 12.4. The highest BCUT2D eigenvalue weighted by atomic mass is 32.1. The topological polar surface area (TPSA) is 66.6 Å². The van der Waals surface area contributed by atoms with Crippen LogP contribution in [0, 0.1) is 23.0 Å². The Morgan fingerprint density at radius 3 is 2.86 bits per heavy atom. The summed E-state index contributed by atoms with van der Waals surface area (Å²) in [5.74, 6) is 0.513. The van der Waals surface area contributed by atoms with Gasteiger partial charge in [0.15, 0.2) is 10.4 Å². The van der Waals surface area contributed by atoms with Gasteiger partial charge in [-0.05, 0) is 42.9 Å². The van der Waals surface area contributed by atoms with E-state index in [0.717, 1.165) is 16.8 Å². The molecule has 6 heteroatoms. The van der Waals surface area contributed by atoms with E-state index in [1.54, 1.807) is 25.3 Å². The number of methoxy groups -OCH3 is 1. The molecule has 0 fully saturated rings. The Kier molecular flexibility index (Phi) is 3.20. The number of hydrogen-bond donors (Lipinski definition) is 1. The van der Waals surface area contributed by atoms with Crippen LogP contribution in [0.5, 0.6) is 5.88 Å². The van der Waals surface area contributed by atoms with E-state index in [-0.39, 0.29) is 0 Å². The number of aromatic nitrogens is 3. The van der Waals surface area contributed by atoms with Crippen molar-refractivity contribution in [1.29, 1.82) is 5.26 Å². The first-order valence-corrected chi connectivity index (χ1v) is 6.72. The molecular formula is C15H12N4OS. The van der Waals surface area contributed by atoms with Gasteiger partial charge in [0.2, 0.25) is 5.88 Å². The van der Waals surface area contributed by atoms with Gasteiger partial charge in [0.25, 0.3) is 0 Å². The van der Waals surface area contributed by atoms with Crippen molar-refractivity contribution < 1.29 is 4.74 Å². The van der Waals surface area contributed by atoms with Crippen LogP contribution in [0.4, 0.5) is 0 Å². The fourth-order valence-electron chi connectivity index (χ4n) is 2.22. The number of aryl methyl sites for hydroxylation is 1. The maximum absolute atomic E-state index is 9.09. The lowest BCUT2D eigenvalue weighted by Gasteiger charge is -2.08. The Balaban J connectivity index is 2.37. The highest BCUT2D eigenvalue weighted by molar-refractivity contribution is 7.71. The van der Waals surface area contributed by atoms with E-state index < -0.39 is 0 Å². The van der Waals surface area contributed by atoms with Crippen molar-refractivity contribution >= 4 is 23.4 Å². The second-order valence-electron chi connectivity index (χ2n) is 4.60. The van der Waals surface area contributed by atoms with Gasteiger partial charge in [-0.3, -0.25) is 4.57 Å². The first-order chi connectivity index (χ1) is 10.1. The molecule has 5 nitrogen and oxygen atoms in total. The van der Waals surface area contributed by atoms with Gasteiger partial charge in [0.05, 0.1) is 29.9 Å². The summed E-state index contributed by atoms with van der Waals surface area (Å²) in [5, 5.41) is 9.09. The van der Waals surface area contributed by atoms with Gasteiger partial charge >= 0.3 is 0 Å². The van der Waals surface area contributed by atoms with Crippen molar-refractivity contribution in [2.24, 2.45) is 0 Å². The van der Waals surface area contributed by atoms with Crippen molar-refractivity contribution in [1.82, 2.24) is 14.5 Å². The number of fused-ring (bicyclic) bond motifs is 1. The number of benzene rings is 1. The predicted octanol–water partition coefficient (Wildman–Crippen LogP) is 3.27. The summed E-state index contributed by atoms with van der Waals surface area (Å²) < 4.78 is 7.53. The maximum atomic E-state index is 9.09. The molecule has 21 heavy (non-hydrogen) atoms.